The van der Waals surface area contributed by atoms with E-state index in [-0.39, 0.29) is 0 Å². The summed E-state index contributed by atoms with van der Waals surface area (Å²) in [7, 11) is 0. The van der Waals surface area contributed by atoms with Gasteiger partial charge in [-0.2, -0.15) is 0 Å². The molecule has 0 radical (unpaired) electrons. The number of nitrogens with zero attached hydrogens (tertiary/aromatic N) is 2. The fraction of sp³-hybridized carbons (Fsp3) is 0.688. The Balaban J connectivity index is 1.50. The fourth-order valence-corrected chi connectivity index (χ4v) is 3.14. The molecule has 1 unspecified atom stereocenters. The summed E-state index contributed by atoms with van der Waals surface area (Å²) in [6.07, 6.45) is 9.90. The number of nitrogens with one attached hydrogen (secondary N) is 2. The standard InChI is InChI=1S/C16H26N4/c1-4-10-20(11-5-1)16-8-7-15(13-19-16)18-12-14-6-2-3-9-17-14/h7-8,13-14,17-18H,1-6,9-12H2. The van der Waals surface area contributed by atoms with E-state index in [1.165, 1.54) is 45.1 Å². The highest BCUT2D eigenvalue weighted by atomic mass is 15.2. The molecule has 2 fully saturated rings. The van der Waals surface area contributed by atoms with Gasteiger partial charge in [-0.05, 0) is 50.8 Å². The van der Waals surface area contributed by atoms with Gasteiger partial charge in [-0.3, -0.25) is 0 Å². The van der Waals surface area contributed by atoms with Crippen molar-refractivity contribution >= 4 is 11.5 Å². The van der Waals surface area contributed by atoms with Crippen molar-refractivity contribution in [3.63, 3.8) is 0 Å². The van der Waals surface area contributed by atoms with E-state index in [0.29, 0.717) is 6.04 Å². The van der Waals surface area contributed by atoms with Gasteiger partial charge in [-0.1, -0.05) is 6.42 Å². The first kappa shape index (κ1) is 13.7. The van der Waals surface area contributed by atoms with Gasteiger partial charge in [0.05, 0.1) is 11.9 Å². The van der Waals surface area contributed by atoms with E-state index in [0.717, 1.165) is 31.1 Å². The molecule has 0 saturated carbocycles. The highest BCUT2D eigenvalue weighted by Gasteiger charge is 2.13. The average Bonchev–Trinajstić information content (AvgIpc) is 2.55. The van der Waals surface area contributed by atoms with Gasteiger partial charge < -0.3 is 15.5 Å². The van der Waals surface area contributed by atoms with Crippen molar-refractivity contribution in [3.8, 4) is 0 Å². The van der Waals surface area contributed by atoms with Crippen LogP contribution in [0.4, 0.5) is 11.5 Å². The predicted molar refractivity (Wildman–Crippen MR) is 84.4 cm³/mol. The summed E-state index contributed by atoms with van der Waals surface area (Å²) < 4.78 is 0. The zero-order valence-electron chi connectivity index (χ0n) is 12.3. The van der Waals surface area contributed by atoms with E-state index in [9.17, 15) is 0 Å². The second-order valence-electron chi connectivity index (χ2n) is 5.98. The first-order chi connectivity index (χ1) is 9.92. The lowest BCUT2D eigenvalue weighted by molar-refractivity contribution is 0.414. The van der Waals surface area contributed by atoms with Crippen molar-refractivity contribution in [2.45, 2.75) is 44.6 Å². The van der Waals surface area contributed by atoms with Crippen molar-refractivity contribution in [1.82, 2.24) is 10.3 Å². The van der Waals surface area contributed by atoms with Crippen LogP contribution in [0, 0.1) is 0 Å². The highest BCUT2D eigenvalue weighted by molar-refractivity contribution is 5.48. The van der Waals surface area contributed by atoms with Gasteiger partial charge >= 0.3 is 0 Å². The fourth-order valence-electron chi connectivity index (χ4n) is 3.14. The summed E-state index contributed by atoms with van der Waals surface area (Å²) in [5, 5.41) is 7.06. The lowest BCUT2D eigenvalue weighted by atomic mass is 10.1. The third-order valence-corrected chi connectivity index (χ3v) is 4.39. The predicted octanol–water partition coefficient (Wildman–Crippen LogP) is 2.63. The summed E-state index contributed by atoms with van der Waals surface area (Å²) in [4.78, 5) is 7.01. The minimum absolute atomic E-state index is 0.616. The van der Waals surface area contributed by atoms with Gasteiger partial charge in [0.25, 0.3) is 0 Å². The number of hydrogen-bond donors (Lipinski definition) is 2. The number of pyridine rings is 1. The number of piperidine rings is 2. The number of rotatable bonds is 4. The first-order valence-electron chi connectivity index (χ1n) is 8.10. The Morgan fingerprint density at radius 2 is 2.05 bits per heavy atom. The Kier molecular flexibility index (Phi) is 4.74. The number of hydrogen-bond acceptors (Lipinski definition) is 4. The van der Waals surface area contributed by atoms with Gasteiger partial charge in [0.1, 0.15) is 5.82 Å². The Hall–Kier alpha value is -1.29. The zero-order valence-corrected chi connectivity index (χ0v) is 12.3. The van der Waals surface area contributed by atoms with E-state index < -0.39 is 0 Å². The van der Waals surface area contributed by atoms with Gasteiger partial charge in [-0.15, -0.1) is 0 Å². The monoisotopic (exact) mass is 274 g/mol. The van der Waals surface area contributed by atoms with Crippen LogP contribution in [0.3, 0.4) is 0 Å². The van der Waals surface area contributed by atoms with Gasteiger partial charge in [-0.25, -0.2) is 4.98 Å². The Labute approximate surface area is 122 Å². The van der Waals surface area contributed by atoms with Crippen molar-refractivity contribution in [2.24, 2.45) is 0 Å². The molecule has 20 heavy (non-hydrogen) atoms. The number of anilines is 2. The molecular weight excluding hydrogens is 248 g/mol. The molecule has 2 N–H and O–H groups in total. The normalized spacial score (nSPS) is 23.6. The summed E-state index contributed by atoms with van der Waals surface area (Å²) in [5.74, 6) is 1.13. The topological polar surface area (TPSA) is 40.2 Å². The molecule has 3 heterocycles. The zero-order chi connectivity index (χ0) is 13.6. The second kappa shape index (κ2) is 6.93. The third kappa shape index (κ3) is 3.63. The molecule has 0 spiro atoms. The van der Waals surface area contributed by atoms with Crippen LogP contribution in [0.2, 0.25) is 0 Å². The second-order valence-corrected chi connectivity index (χ2v) is 5.98. The van der Waals surface area contributed by atoms with E-state index in [2.05, 4.69) is 32.7 Å². The molecule has 0 bridgehead atoms. The van der Waals surface area contributed by atoms with Crippen LogP contribution in [0.5, 0.6) is 0 Å². The minimum atomic E-state index is 0.616. The van der Waals surface area contributed by atoms with Crippen molar-refractivity contribution in [2.75, 3.05) is 36.4 Å². The molecule has 1 aromatic rings. The smallest absolute Gasteiger partial charge is 0.128 e. The van der Waals surface area contributed by atoms with Crippen molar-refractivity contribution < 1.29 is 0 Å². The van der Waals surface area contributed by atoms with Crippen molar-refractivity contribution in [3.05, 3.63) is 18.3 Å². The van der Waals surface area contributed by atoms with E-state index in [1.54, 1.807) is 0 Å². The summed E-state index contributed by atoms with van der Waals surface area (Å²) in [6, 6.07) is 4.94. The van der Waals surface area contributed by atoms with Crippen LogP contribution in [0.1, 0.15) is 38.5 Å². The van der Waals surface area contributed by atoms with Crippen LogP contribution in [-0.2, 0) is 0 Å². The van der Waals surface area contributed by atoms with Gasteiger partial charge in [0.15, 0.2) is 0 Å². The molecule has 3 rings (SSSR count). The Morgan fingerprint density at radius 3 is 2.75 bits per heavy atom. The van der Waals surface area contributed by atoms with Crippen LogP contribution in [-0.4, -0.2) is 37.2 Å². The Bertz CT molecular complexity index is 391. The molecule has 4 heteroatoms. The molecule has 110 valence electrons. The van der Waals surface area contributed by atoms with Crippen LogP contribution in [0.15, 0.2) is 18.3 Å². The molecule has 2 aliphatic rings. The molecular formula is C16H26N4. The van der Waals surface area contributed by atoms with Crippen LogP contribution < -0.4 is 15.5 Å². The first-order valence-corrected chi connectivity index (χ1v) is 8.10. The number of aromatic nitrogens is 1. The summed E-state index contributed by atoms with van der Waals surface area (Å²) >= 11 is 0. The quantitative estimate of drug-likeness (QED) is 0.885. The van der Waals surface area contributed by atoms with Crippen LogP contribution >= 0.6 is 0 Å². The maximum Gasteiger partial charge on any atom is 0.128 e. The molecule has 1 atom stereocenters. The van der Waals surface area contributed by atoms with E-state index in [1.807, 2.05) is 6.20 Å². The molecule has 2 saturated heterocycles. The molecule has 0 amide bonds. The largest absolute Gasteiger partial charge is 0.382 e. The lowest BCUT2D eigenvalue weighted by Gasteiger charge is -2.28. The third-order valence-electron chi connectivity index (χ3n) is 4.39. The average molecular weight is 274 g/mol. The summed E-state index contributed by atoms with van der Waals surface area (Å²) in [5.41, 5.74) is 1.14. The van der Waals surface area contributed by atoms with E-state index >= 15 is 0 Å². The molecule has 0 aliphatic carbocycles. The Morgan fingerprint density at radius 1 is 1.15 bits per heavy atom. The molecule has 2 aliphatic heterocycles. The molecule has 4 nitrogen and oxygen atoms in total. The maximum absolute atomic E-state index is 4.61. The molecule has 0 aromatic carbocycles. The SMILES string of the molecule is c1cc(N2CCCCC2)ncc1NCC1CCCCN1. The minimum Gasteiger partial charge on any atom is -0.382 e. The maximum atomic E-state index is 4.61. The van der Waals surface area contributed by atoms with E-state index in [4.69, 9.17) is 0 Å². The highest BCUT2D eigenvalue weighted by Crippen LogP contribution is 2.19. The lowest BCUT2D eigenvalue weighted by Crippen LogP contribution is -2.39. The van der Waals surface area contributed by atoms with Gasteiger partial charge in [0, 0.05) is 25.7 Å². The van der Waals surface area contributed by atoms with Crippen molar-refractivity contribution in [1.29, 1.82) is 0 Å². The molecule has 1 aromatic heterocycles. The van der Waals surface area contributed by atoms with Crippen LogP contribution in [0.25, 0.3) is 0 Å². The van der Waals surface area contributed by atoms with Gasteiger partial charge in [0.2, 0.25) is 0 Å². The summed E-state index contributed by atoms with van der Waals surface area (Å²) in [6.45, 7) is 4.49.